The quantitative estimate of drug-likeness (QED) is 0.174. The first-order valence-electron chi connectivity index (χ1n) is 7.40. The van der Waals surface area contributed by atoms with Crippen molar-refractivity contribution in [2.24, 2.45) is 5.16 Å². The molecule has 0 bridgehead atoms. The van der Waals surface area contributed by atoms with E-state index in [0.717, 1.165) is 0 Å². The number of methoxy groups -OCH3 is 1. The molecule has 0 unspecified atom stereocenters. The van der Waals surface area contributed by atoms with Crippen LogP contribution in [-0.2, 0) is 35.2 Å². The molecule has 0 aromatic heterocycles. The number of nitrogens with zero attached hydrogens (tertiary/aromatic N) is 1. The number of hydrogen-bond acceptors (Lipinski definition) is 9. The van der Waals surface area contributed by atoms with Crippen molar-refractivity contribution in [2.75, 3.05) is 20.3 Å². The van der Waals surface area contributed by atoms with Gasteiger partial charge in [0.05, 0.1) is 20.3 Å². The Bertz CT molecular complexity index is 604. The molecule has 0 heterocycles. The minimum absolute atomic E-state index is 0.0131. The first kappa shape index (κ1) is 19.9. The van der Waals surface area contributed by atoms with E-state index in [0.29, 0.717) is 11.3 Å². The molecule has 136 valence electrons. The smallest absolute Gasteiger partial charge is 0.497 e. The lowest BCUT2D eigenvalue weighted by Crippen LogP contribution is -2.29. The van der Waals surface area contributed by atoms with Gasteiger partial charge < -0.3 is 18.9 Å². The third kappa shape index (κ3) is 6.90. The second-order valence-corrected chi connectivity index (χ2v) is 4.36. The van der Waals surface area contributed by atoms with Crippen LogP contribution >= 0.6 is 0 Å². The van der Waals surface area contributed by atoms with Gasteiger partial charge in [0, 0.05) is 0 Å². The number of benzene rings is 1. The van der Waals surface area contributed by atoms with Crippen molar-refractivity contribution in [3.05, 3.63) is 29.8 Å². The van der Waals surface area contributed by atoms with E-state index in [1.165, 1.54) is 7.11 Å². The number of ether oxygens (including phenoxy) is 4. The van der Waals surface area contributed by atoms with Crippen LogP contribution in [0.4, 0.5) is 4.79 Å². The lowest BCUT2D eigenvalue weighted by atomic mass is 10.2. The van der Waals surface area contributed by atoms with Gasteiger partial charge in [0.1, 0.15) is 12.4 Å². The molecule has 0 atom stereocenters. The van der Waals surface area contributed by atoms with Crippen molar-refractivity contribution < 1.29 is 38.2 Å². The molecule has 1 aromatic rings. The number of carbonyl (C=O) groups excluding carboxylic acids is 3. The summed E-state index contributed by atoms with van der Waals surface area (Å²) in [7, 11) is 1.53. The van der Waals surface area contributed by atoms with Crippen LogP contribution in [0.2, 0.25) is 0 Å². The SMILES string of the molecule is CCOC(=O)C(=NOC(=O)OCc1ccc(OC)cc1)C(=O)OCC. The minimum atomic E-state index is -1.19. The van der Waals surface area contributed by atoms with Gasteiger partial charge in [-0.15, -0.1) is 0 Å². The van der Waals surface area contributed by atoms with Crippen molar-refractivity contribution in [3.63, 3.8) is 0 Å². The third-order valence-corrected chi connectivity index (χ3v) is 2.66. The minimum Gasteiger partial charge on any atom is -0.497 e. The van der Waals surface area contributed by atoms with E-state index in [1.54, 1.807) is 38.1 Å². The summed E-state index contributed by atoms with van der Waals surface area (Å²) in [5.41, 5.74) is -0.108. The highest BCUT2D eigenvalue weighted by Crippen LogP contribution is 2.12. The summed E-state index contributed by atoms with van der Waals surface area (Å²) in [5.74, 6) is -1.47. The Morgan fingerprint density at radius 3 is 1.96 bits per heavy atom. The molecule has 9 heteroatoms. The van der Waals surface area contributed by atoms with Crippen molar-refractivity contribution >= 4 is 23.8 Å². The number of carbonyl (C=O) groups is 3. The van der Waals surface area contributed by atoms with Gasteiger partial charge in [-0.2, -0.15) is 0 Å². The standard InChI is InChI=1S/C16H19NO8/c1-4-22-14(18)13(15(19)23-5-2)17-25-16(20)24-10-11-6-8-12(21-3)9-7-11/h6-9H,4-5,10H2,1-3H3. The molecule has 0 fully saturated rings. The van der Waals surface area contributed by atoms with Gasteiger partial charge in [0.15, 0.2) is 0 Å². The predicted octanol–water partition coefficient (Wildman–Crippen LogP) is 1.83. The largest absolute Gasteiger partial charge is 0.535 e. The van der Waals surface area contributed by atoms with Gasteiger partial charge in [-0.25, -0.2) is 14.4 Å². The van der Waals surface area contributed by atoms with Crippen LogP contribution in [0, 0.1) is 0 Å². The highest BCUT2D eigenvalue weighted by Gasteiger charge is 2.25. The van der Waals surface area contributed by atoms with E-state index in [1.807, 2.05) is 0 Å². The molecule has 0 amide bonds. The fourth-order valence-corrected chi connectivity index (χ4v) is 1.53. The molecule has 0 aliphatic carbocycles. The zero-order valence-electron chi connectivity index (χ0n) is 14.1. The van der Waals surface area contributed by atoms with E-state index in [9.17, 15) is 14.4 Å². The van der Waals surface area contributed by atoms with Crippen LogP contribution < -0.4 is 4.74 Å². The van der Waals surface area contributed by atoms with Gasteiger partial charge in [-0.05, 0) is 31.5 Å². The normalized spacial score (nSPS) is 9.56. The fourth-order valence-electron chi connectivity index (χ4n) is 1.53. The Kier molecular flexibility index (Phi) is 8.48. The molecular weight excluding hydrogens is 334 g/mol. The maximum Gasteiger partial charge on any atom is 0.535 e. The molecule has 9 nitrogen and oxygen atoms in total. The number of rotatable bonds is 8. The Balaban J connectivity index is 2.62. The van der Waals surface area contributed by atoms with Gasteiger partial charge >= 0.3 is 18.1 Å². The van der Waals surface area contributed by atoms with Crippen LogP contribution in [0.5, 0.6) is 5.75 Å². The predicted molar refractivity (Wildman–Crippen MR) is 85.0 cm³/mol. The maximum atomic E-state index is 11.6. The summed E-state index contributed by atoms with van der Waals surface area (Å²) in [6.07, 6.45) is -1.19. The first-order valence-corrected chi connectivity index (χ1v) is 7.40. The van der Waals surface area contributed by atoms with Gasteiger partial charge in [-0.1, -0.05) is 17.3 Å². The average molecular weight is 353 g/mol. The molecule has 0 aliphatic heterocycles. The van der Waals surface area contributed by atoms with Crippen LogP contribution in [0.15, 0.2) is 29.4 Å². The van der Waals surface area contributed by atoms with E-state index in [2.05, 4.69) is 19.5 Å². The molecule has 0 spiro atoms. The zero-order chi connectivity index (χ0) is 18.7. The monoisotopic (exact) mass is 353 g/mol. The maximum absolute atomic E-state index is 11.6. The lowest BCUT2D eigenvalue weighted by Gasteiger charge is -2.06. The zero-order valence-corrected chi connectivity index (χ0v) is 14.1. The Labute approximate surface area is 144 Å². The highest BCUT2D eigenvalue weighted by molar-refractivity contribution is 6.62. The Morgan fingerprint density at radius 1 is 0.920 bits per heavy atom. The van der Waals surface area contributed by atoms with Crippen molar-refractivity contribution in [3.8, 4) is 5.75 Å². The Hall–Kier alpha value is -3.10. The van der Waals surface area contributed by atoms with Gasteiger partial charge in [-0.3, -0.25) is 4.84 Å². The summed E-state index contributed by atoms with van der Waals surface area (Å²) in [6.45, 7) is 3.03. The van der Waals surface area contributed by atoms with Crippen molar-refractivity contribution in [1.29, 1.82) is 0 Å². The van der Waals surface area contributed by atoms with E-state index < -0.39 is 23.8 Å². The van der Waals surface area contributed by atoms with Crippen LogP contribution in [0.1, 0.15) is 19.4 Å². The lowest BCUT2D eigenvalue weighted by molar-refractivity contribution is -0.140. The molecule has 0 saturated carbocycles. The number of esters is 2. The second-order valence-electron chi connectivity index (χ2n) is 4.36. The molecular formula is C16H19NO8. The van der Waals surface area contributed by atoms with Crippen LogP contribution in [-0.4, -0.2) is 44.1 Å². The summed E-state index contributed by atoms with van der Waals surface area (Å²) in [4.78, 5) is 39.2. The van der Waals surface area contributed by atoms with Gasteiger partial charge in [0.2, 0.25) is 0 Å². The van der Waals surface area contributed by atoms with E-state index in [-0.39, 0.29) is 19.8 Å². The first-order chi connectivity index (χ1) is 12.0. The summed E-state index contributed by atoms with van der Waals surface area (Å²) >= 11 is 0. The molecule has 0 saturated heterocycles. The second kappa shape index (κ2) is 10.6. The van der Waals surface area contributed by atoms with E-state index >= 15 is 0 Å². The van der Waals surface area contributed by atoms with Crippen molar-refractivity contribution in [2.45, 2.75) is 20.5 Å². The highest BCUT2D eigenvalue weighted by atomic mass is 16.8. The molecule has 0 N–H and O–H groups in total. The molecule has 1 rings (SSSR count). The molecule has 0 aliphatic rings. The average Bonchev–Trinajstić information content (AvgIpc) is 2.61. The molecule has 25 heavy (non-hydrogen) atoms. The number of oxime groups is 1. The summed E-state index contributed by atoms with van der Waals surface area (Å²) in [6, 6.07) is 6.78. The third-order valence-electron chi connectivity index (χ3n) is 2.66. The van der Waals surface area contributed by atoms with Crippen LogP contribution in [0.25, 0.3) is 0 Å². The molecule has 1 aromatic carbocycles. The molecule has 0 radical (unpaired) electrons. The van der Waals surface area contributed by atoms with Gasteiger partial charge in [0.25, 0.3) is 5.71 Å². The van der Waals surface area contributed by atoms with E-state index in [4.69, 9.17) is 9.47 Å². The summed E-state index contributed by atoms with van der Waals surface area (Å²) < 4.78 is 19.1. The fraction of sp³-hybridized carbons (Fsp3) is 0.375. The van der Waals surface area contributed by atoms with Crippen molar-refractivity contribution in [1.82, 2.24) is 0 Å². The topological polar surface area (TPSA) is 110 Å². The van der Waals surface area contributed by atoms with Crippen LogP contribution in [0.3, 0.4) is 0 Å². The summed E-state index contributed by atoms with van der Waals surface area (Å²) in [5, 5.41) is 3.17. The Morgan fingerprint density at radius 2 is 1.48 bits per heavy atom. The number of hydrogen-bond donors (Lipinski definition) is 0.